The fourth-order valence-electron chi connectivity index (χ4n) is 1.94. The number of carbonyl (C=O) groups is 1. The number of carbonyl (C=O) groups excluding carboxylic acids is 1. The van der Waals surface area contributed by atoms with E-state index >= 15 is 0 Å². The zero-order chi connectivity index (χ0) is 16.8. The van der Waals surface area contributed by atoms with Crippen molar-refractivity contribution in [2.24, 2.45) is 0 Å². The van der Waals surface area contributed by atoms with Crippen LogP contribution in [0.5, 0.6) is 5.75 Å². The molecule has 2 rings (SSSR count). The quantitative estimate of drug-likeness (QED) is 0.857. The first kappa shape index (κ1) is 16.9. The van der Waals surface area contributed by atoms with Crippen LogP contribution >= 0.6 is 0 Å². The van der Waals surface area contributed by atoms with Crippen LogP contribution in [0.3, 0.4) is 0 Å². The van der Waals surface area contributed by atoms with E-state index in [9.17, 15) is 18.7 Å². The molecule has 0 aliphatic rings. The van der Waals surface area contributed by atoms with Crippen LogP contribution < -0.4 is 10.1 Å². The van der Waals surface area contributed by atoms with Gasteiger partial charge in [0.1, 0.15) is 5.75 Å². The minimum Gasteiger partial charge on any atom is -0.484 e. The number of benzene rings is 2. The molecule has 0 bridgehead atoms. The van der Waals surface area contributed by atoms with Crippen molar-refractivity contribution >= 4 is 11.6 Å². The standard InChI is InChI=1S/C17H17F2NO3/c1-2-16(21)11-3-6-13(7-4-11)23-10-17(22)20-12-5-8-14(18)15(19)9-12/h3-9,16,21H,2,10H2,1H3,(H,20,22). The summed E-state index contributed by atoms with van der Waals surface area (Å²) in [6.45, 7) is 1.60. The Kier molecular flexibility index (Phi) is 5.65. The molecule has 2 aromatic carbocycles. The molecule has 1 amide bonds. The molecule has 2 aromatic rings. The second-order valence-electron chi connectivity index (χ2n) is 4.96. The Hall–Kier alpha value is -2.47. The molecule has 0 saturated carbocycles. The van der Waals surface area contributed by atoms with Gasteiger partial charge in [0, 0.05) is 11.8 Å². The molecule has 23 heavy (non-hydrogen) atoms. The lowest BCUT2D eigenvalue weighted by molar-refractivity contribution is -0.118. The molecule has 1 unspecified atom stereocenters. The number of nitrogens with one attached hydrogen (secondary N) is 1. The van der Waals surface area contributed by atoms with E-state index in [2.05, 4.69) is 5.32 Å². The predicted octanol–water partition coefficient (Wildman–Crippen LogP) is 3.43. The van der Waals surface area contributed by atoms with Gasteiger partial charge in [-0.05, 0) is 36.2 Å². The zero-order valence-electron chi connectivity index (χ0n) is 12.6. The first-order valence-corrected chi connectivity index (χ1v) is 7.15. The van der Waals surface area contributed by atoms with E-state index in [0.717, 1.165) is 17.7 Å². The van der Waals surface area contributed by atoms with Crippen LogP contribution in [0.25, 0.3) is 0 Å². The van der Waals surface area contributed by atoms with Crippen molar-refractivity contribution in [1.29, 1.82) is 0 Å². The van der Waals surface area contributed by atoms with Crippen LogP contribution in [0.2, 0.25) is 0 Å². The third-order valence-electron chi connectivity index (χ3n) is 3.22. The minimum atomic E-state index is -1.03. The summed E-state index contributed by atoms with van der Waals surface area (Å²) in [5.41, 5.74) is 0.921. The van der Waals surface area contributed by atoms with Crippen molar-refractivity contribution in [3.63, 3.8) is 0 Å². The molecule has 0 radical (unpaired) electrons. The predicted molar refractivity (Wildman–Crippen MR) is 82.2 cm³/mol. The lowest BCUT2D eigenvalue weighted by Crippen LogP contribution is -2.20. The normalized spacial score (nSPS) is 11.8. The van der Waals surface area contributed by atoms with E-state index in [4.69, 9.17) is 4.74 Å². The summed E-state index contributed by atoms with van der Waals surface area (Å²) < 4.78 is 31.1. The third-order valence-corrected chi connectivity index (χ3v) is 3.22. The molecule has 0 aromatic heterocycles. The number of aliphatic hydroxyl groups is 1. The second kappa shape index (κ2) is 7.69. The third kappa shape index (κ3) is 4.75. The summed E-state index contributed by atoms with van der Waals surface area (Å²) in [7, 11) is 0. The lowest BCUT2D eigenvalue weighted by Gasteiger charge is -2.10. The Bertz CT molecular complexity index is 674. The average molecular weight is 321 g/mol. The Morgan fingerprint density at radius 1 is 1.17 bits per heavy atom. The van der Waals surface area contributed by atoms with Crippen LogP contribution in [0.4, 0.5) is 14.5 Å². The summed E-state index contributed by atoms with van der Waals surface area (Å²) >= 11 is 0. The van der Waals surface area contributed by atoms with E-state index in [1.807, 2.05) is 6.92 Å². The molecule has 0 aliphatic carbocycles. The van der Waals surface area contributed by atoms with Gasteiger partial charge in [0.2, 0.25) is 0 Å². The van der Waals surface area contributed by atoms with Gasteiger partial charge in [0.25, 0.3) is 5.91 Å². The Morgan fingerprint density at radius 3 is 2.48 bits per heavy atom. The topological polar surface area (TPSA) is 58.6 Å². The molecule has 0 fully saturated rings. The summed E-state index contributed by atoms with van der Waals surface area (Å²) in [5.74, 6) is -2.03. The first-order chi connectivity index (χ1) is 11.0. The SMILES string of the molecule is CCC(O)c1ccc(OCC(=O)Nc2ccc(F)c(F)c2)cc1. The molecule has 0 heterocycles. The number of rotatable bonds is 6. The largest absolute Gasteiger partial charge is 0.484 e. The van der Waals surface area contributed by atoms with E-state index in [1.165, 1.54) is 6.07 Å². The number of anilines is 1. The highest BCUT2D eigenvalue weighted by Crippen LogP contribution is 2.20. The number of halogens is 2. The van der Waals surface area contributed by atoms with Gasteiger partial charge < -0.3 is 15.2 Å². The molecule has 0 aliphatic heterocycles. The fraction of sp³-hybridized carbons (Fsp3) is 0.235. The lowest BCUT2D eigenvalue weighted by atomic mass is 10.1. The summed E-state index contributed by atoms with van der Waals surface area (Å²) in [5, 5.41) is 12.1. The van der Waals surface area contributed by atoms with Gasteiger partial charge >= 0.3 is 0 Å². The Balaban J connectivity index is 1.87. The van der Waals surface area contributed by atoms with Gasteiger partial charge in [-0.2, -0.15) is 0 Å². The van der Waals surface area contributed by atoms with Crippen molar-refractivity contribution in [3.8, 4) is 5.75 Å². The highest BCUT2D eigenvalue weighted by Gasteiger charge is 2.08. The van der Waals surface area contributed by atoms with Gasteiger partial charge in [0.05, 0.1) is 6.10 Å². The summed E-state index contributed by atoms with van der Waals surface area (Å²) in [4.78, 5) is 11.7. The van der Waals surface area contributed by atoms with Gasteiger partial charge in [-0.15, -0.1) is 0 Å². The van der Waals surface area contributed by atoms with Crippen LogP contribution in [0.15, 0.2) is 42.5 Å². The Morgan fingerprint density at radius 2 is 1.87 bits per heavy atom. The molecular weight excluding hydrogens is 304 g/mol. The fourth-order valence-corrected chi connectivity index (χ4v) is 1.94. The van der Waals surface area contributed by atoms with E-state index < -0.39 is 23.6 Å². The molecule has 4 nitrogen and oxygen atoms in total. The van der Waals surface area contributed by atoms with E-state index in [-0.39, 0.29) is 12.3 Å². The molecular formula is C17H17F2NO3. The summed E-state index contributed by atoms with van der Waals surface area (Å²) in [6, 6.07) is 9.83. The molecule has 6 heteroatoms. The van der Waals surface area contributed by atoms with Crippen molar-refractivity contribution < 1.29 is 23.4 Å². The number of aliphatic hydroxyl groups excluding tert-OH is 1. The number of amides is 1. The molecule has 2 N–H and O–H groups in total. The van der Waals surface area contributed by atoms with Crippen LogP contribution in [0.1, 0.15) is 25.0 Å². The molecule has 1 atom stereocenters. The minimum absolute atomic E-state index is 0.152. The van der Waals surface area contributed by atoms with E-state index in [1.54, 1.807) is 24.3 Å². The van der Waals surface area contributed by atoms with Gasteiger partial charge in [-0.1, -0.05) is 19.1 Å². The van der Waals surface area contributed by atoms with Crippen molar-refractivity contribution in [2.75, 3.05) is 11.9 Å². The average Bonchev–Trinajstić information content (AvgIpc) is 2.56. The second-order valence-corrected chi connectivity index (χ2v) is 4.96. The van der Waals surface area contributed by atoms with E-state index in [0.29, 0.717) is 12.2 Å². The van der Waals surface area contributed by atoms with Crippen LogP contribution in [0, 0.1) is 11.6 Å². The molecule has 0 saturated heterocycles. The highest BCUT2D eigenvalue weighted by atomic mass is 19.2. The van der Waals surface area contributed by atoms with Gasteiger partial charge in [0.15, 0.2) is 18.2 Å². The van der Waals surface area contributed by atoms with Gasteiger partial charge in [-0.25, -0.2) is 8.78 Å². The van der Waals surface area contributed by atoms with Crippen LogP contribution in [-0.2, 0) is 4.79 Å². The number of hydrogen-bond donors (Lipinski definition) is 2. The van der Waals surface area contributed by atoms with Crippen molar-refractivity contribution in [3.05, 3.63) is 59.7 Å². The van der Waals surface area contributed by atoms with Crippen molar-refractivity contribution in [2.45, 2.75) is 19.4 Å². The maximum atomic E-state index is 13.0. The summed E-state index contributed by atoms with van der Waals surface area (Å²) in [6.07, 6.45) is 0.0809. The van der Waals surface area contributed by atoms with Crippen molar-refractivity contribution in [1.82, 2.24) is 0 Å². The number of hydrogen-bond acceptors (Lipinski definition) is 3. The maximum Gasteiger partial charge on any atom is 0.262 e. The van der Waals surface area contributed by atoms with Gasteiger partial charge in [-0.3, -0.25) is 4.79 Å². The smallest absolute Gasteiger partial charge is 0.262 e. The number of ether oxygens (including phenoxy) is 1. The van der Waals surface area contributed by atoms with Crippen LogP contribution in [-0.4, -0.2) is 17.6 Å². The highest BCUT2D eigenvalue weighted by molar-refractivity contribution is 5.91. The molecule has 122 valence electrons. The zero-order valence-corrected chi connectivity index (χ0v) is 12.6. The monoisotopic (exact) mass is 321 g/mol. The Labute approximate surface area is 132 Å². The first-order valence-electron chi connectivity index (χ1n) is 7.15. The molecule has 0 spiro atoms. The maximum absolute atomic E-state index is 13.0.